The van der Waals surface area contributed by atoms with E-state index in [2.05, 4.69) is 32.9 Å². The van der Waals surface area contributed by atoms with Gasteiger partial charge in [-0.25, -0.2) is 4.39 Å². The van der Waals surface area contributed by atoms with Crippen molar-refractivity contribution < 1.29 is 4.39 Å². The van der Waals surface area contributed by atoms with Crippen molar-refractivity contribution >= 4 is 81.5 Å². The second-order valence-corrected chi connectivity index (χ2v) is 9.50. The summed E-state index contributed by atoms with van der Waals surface area (Å²) in [6.45, 7) is 4.50. The van der Waals surface area contributed by atoms with Crippen molar-refractivity contribution in [1.29, 1.82) is 0 Å². The highest BCUT2D eigenvalue weighted by Crippen LogP contribution is 2.40. The fourth-order valence-corrected chi connectivity index (χ4v) is 3.82. The third-order valence-electron chi connectivity index (χ3n) is 4.72. The van der Waals surface area contributed by atoms with Gasteiger partial charge in [-0.1, -0.05) is 57.9 Å². The number of nitrogens with one attached hydrogen (secondary N) is 1. The number of nitrogens with two attached hydrogens (primary N) is 1. The van der Waals surface area contributed by atoms with Crippen LogP contribution in [-0.2, 0) is 10.1 Å². The molecule has 0 amide bonds. The van der Waals surface area contributed by atoms with Gasteiger partial charge in [0.2, 0.25) is 0 Å². The Morgan fingerprint density at radius 1 is 1.10 bits per heavy atom. The Labute approximate surface area is 205 Å². The summed E-state index contributed by atoms with van der Waals surface area (Å²) in [6.07, 6.45) is 1.74. The van der Waals surface area contributed by atoms with Gasteiger partial charge in [-0.05, 0) is 55.3 Å². The monoisotopic (exact) mass is 589 g/mol. The molecule has 158 valence electrons. The van der Waals surface area contributed by atoms with Crippen molar-refractivity contribution in [3.05, 3.63) is 75.7 Å². The van der Waals surface area contributed by atoms with Crippen LogP contribution in [0.15, 0.2) is 48.7 Å². The first kappa shape index (κ1) is 26.6. The zero-order valence-electron chi connectivity index (χ0n) is 15.7. The second-order valence-electron chi connectivity index (χ2n) is 6.96. The van der Waals surface area contributed by atoms with Crippen LogP contribution in [0.5, 0.6) is 0 Å². The first-order valence-corrected chi connectivity index (χ1v) is 10.2. The first-order chi connectivity index (χ1) is 12.6. The lowest BCUT2D eigenvalue weighted by Gasteiger charge is -2.41. The van der Waals surface area contributed by atoms with Crippen LogP contribution in [0.2, 0.25) is 10.0 Å². The van der Waals surface area contributed by atoms with Crippen LogP contribution in [0.25, 0.3) is 10.9 Å². The number of alkyl halides is 1. The quantitative estimate of drug-likeness (QED) is 0.199. The van der Waals surface area contributed by atoms with E-state index >= 15 is 0 Å². The van der Waals surface area contributed by atoms with Crippen molar-refractivity contribution in [3.63, 3.8) is 0 Å². The Morgan fingerprint density at radius 3 is 2.45 bits per heavy atom. The third-order valence-corrected chi connectivity index (χ3v) is 7.20. The summed E-state index contributed by atoms with van der Waals surface area (Å²) < 4.78 is 12.9. The van der Waals surface area contributed by atoms with Crippen molar-refractivity contribution in [2.75, 3.05) is 0 Å². The molecule has 0 aliphatic rings. The maximum absolute atomic E-state index is 13.7. The highest BCUT2D eigenvalue weighted by Gasteiger charge is 2.41. The average molecular weight is 591 g/mol. The normalized spacial score (nSPS) is 13.3. The Kier molecular flexibility index (Phi) is 9.43. The first-order valence-electron chi connectivity index (χ1n) is 8.33. The third kappa shape index (κ3) is 5.64. The van der Waals surface area contributed by atoms with Crippen LogP contribution in [0.4, 0.5) is 4.39 Å². The van der Waals surface area contributed by atoms with Gasteiger partial charge in [0, 0.05) is 28.7 Å². The fraction of sp³-hybridized carbons (Fsp3) is 0.250. The molecular formula is C20H21Cl4FIN3. The van der Waals surface area contributed by atoms with Gasteiger partial charge in [0.15, 0.2) is 0 Å². The van der Waals surface area contributed by atoms with E-state index in [4.69, 9.17) is 28.9 Å². The highest BCUT2D eigenvalue weighted by atomic mass is 127. The zero-order chi connectivity index (χ0) is 19.8. The predicted molar refractivity (Wildman–Crippen MR) is 133 cm³/mol. The summed E-state index contributed by atoms with van der Waals surface area (Å²) in [5.74, 6) is -0.431. The SMILES string of the molecule is CC(C)(NCc1ccc(Cl)c(F)c1)C(N)(I)c1ccnc2cc(Cl)ccc12.Cl.Cl. The molecule has 0 radical (unpaired) electrons. The summed E-state index contributed by atoms with van der Waals surface area (Å²) in [5.41, 5.74) is 8.83. The van der Waals surface area contributed by atoms with E-state index < -0.39 is 14.9 Å². The van der Waals surface area contributed by atoms with E-state index in [0.717, 1.165) is 22.0 Å². The van der Waals surface area contributed by atoms with E-state index in [1.165, 1.54) is 6.07 Å². The molecule has 3 nitrogen and oxygen atoms in total. The number of halogens is 6. The van der Waals surface area contributed by atoms with Crippen molar-refractivity contribution in [1.82, 2.24) is 10.3 Å². The zero-order valence-corrected chi connectivity index (χ0v) is 21.0. The van der Waals surface area contributed by atoms with E-state index in [1.807, 2.05) is 38.1 Å². The molecule has 9 heteroatoms. The van der Waals surface area contributed by atoms with Crippen LogP contribution >= 0.6 is 70.6 Å². The lowest BCUT2D eigenvalue weighted by molar-refractivity contribution is 0.307. The van der Waals surface area contributed by atoms with Gasteiger partial charge >= 0.3 is 0 Å². The standard InChI is InChI=1S/C20H19Cl2FIN3.2ClH/c1-19(2,27-11-12-3-6-16(22)17(23)9-12)20(24,25)15-7-8-26-18-10-13(21)4-5-14(15)18;;/h3-10,27H,11,25H2,1-2H3;2*1H. The molecule has 0 aliphatic heterocycles. The van der Waals surface area contributed by atoms with Gasteiger partial charge in [0.25, 0.3) is 0 Å². The van der Waals surface area contributed by atoms with Crippen LogP contribution in [0.3, 0.4) is 0 Å². The van der Waals surface area contributed by atoms with Gasteiger partial charge in [0.1, 0.15) is 9.36 Å². The number of rotatable bonds is 5. The largest absolute Gasteiger partial charge is 0.312 e. The molecule has 0 saturated carbocycles. The molecule has 0 aliphatic carbocycles. The van der Waals surface area contributed by atoms with Gasteiger partial charge in [-0.3, -0.25) is 4.98 Å². The van der Waals surface area contributed by atoms with Crippen LogP contribution in [-0.4, -0.2) is 10.5 Å². The molecule has 0 spiro atoms. The molecule has 29 heavy (non-hydrogen) atoms. The molecule has 0 saturated heterocycles. The molecule has 0 bridgehead atoms. The van der Waals surface area contributed by atoms with Crippen LogP contribution in [0.1, 0.15) is 25.0 Å². The summed E-state index contributed by atoms with van der Waals surface area (Å²) >= 11 is 14.1. The topological polar surface area (TPSA) is 50.9 Å². The minimum atomic E-state index is -0.759. The predicted octanol–water partition coefficient (Wildman–Crippen LogP) is 6.64. The Hall–Kier alpha value is -0.410. The molecule has 3 rings (SSSR count). The summed E-state index contributed by atoms with van der Waals surface area (Å²) in [5, 5.41) is 5.14. The molecule has 1 unspecified atom stereocenters. The minimum Gasteiger partial charge on any atom is -0.312 e. The van der Waals surface area contributed by atoms with Crippen molar-refractivity contribution in [3.8, 4) is 0 Å². The molecule has 1 atom stereocenters. The number of nitrogens with zero attached hydrogens (tertiary/aromatic N) is 1. The highest BCUT2D eigenvalue weighted by molar-refractivity contribution is 14.1. The summed E-state index contributed by atoms with van der Waals surface area (Å²) in [6, 6.07) is 12.3. The minimum absolute atomic E-state index is 0. The van der Waals surface area contributed by atoms with Crippen molar-refractivity contribution in [2.24, 2.45) is 5.73 Å². The van der Waals surface area contributed by atoms with Gasteiger partial charge in [0.05, 0.1) is 10.5 Å². The van der Waals surface area contributed by atoms with Crippen LogP contribution < -0.4 is 11.1 Å². The average Bonchev–Trinajstić information content (AvgIpc) is 2.61. The fourth-order valence-electron chi connectivity index (χ4n) is 2.88. The van der Waals surface area contributed by atoms with Gasteiger partial charge in [-0.2, -0.15) is 0 Å². The summed E-state index contributed by atoms with van der Waals surface area (Å²) in [4.78, 5) is 4.39. The molecule has 3 aromatic rings. The van der Waals surface area contributed by atoms with E-state index in [-0.39, 0.29) is 29.8 Å². The molecule has 1 aromatic heterocycles. The smallest absolute Gasteiger partial charge is 0.142 e. The second kappa shape index (κ2) is 10.3. The number of pyridine rings is 1. The van der Waals surface area contributed by atoms with Gasteiger partial charge < -0.3 is 11.1 Å². The van der Waals surface area contributed by atoms with Crippen LogP contribution in [0, 0.1) is 5.82 Å². The number of fused-ring (bicyclic) bond motifs is 1. The maximum atomic E-state index is 13.7. The van der Waals surface area contributed by atoms with E-state index in [1.54, 1.807) is 18.3 Å². The van der Waals surface area contributed by atoms with Crippen molar-refractivity contribution in [2.45, 2.75) is 29.5 Å². The Bertz CT molecular complexity index is 999. The Balaban J connectivity index is 0.00000210. The summed E-state index contributed by atoms with van der Waals surface area (Å²) in [7, 11) is 0. The number of aromatic nitrogens is 1. The maximum Gasteiger partial charge on any atom is 0.142 e. The molecule has 3 N–H and O–H groups in total. The number of benzene rings is 2. The molecular weight excluding hydrogens is 570 g/mol. The molecule has 1 heterocycles. The van der Waals surface area contributed by atoms with E-state index in [9.17, 15) is 4.39 Å². The molecule has 2 aromatic carbocycles. The lowest BCUT2D eigenvalue weighted by atomic mass is 9.87. The molecule has 0 fully saturated rings. The van der Waals surface area contributed by atoms with E-state index in [0.29, 0.717) is 11.6 Å². The number of hydrogen-bond acceptors (Lipinski definition) is 3. The Morgan fingerprint density at radius 2 is 1.79 bits per heavy atom. The lowest BCUT2D eigenvalue weighted by Crippen LogP contribution is -2.58. The van der Waals surface area contributed by atoms with Gasteiger partial charge in [-0.15, -0.1) is 24.8 Å². The number of hydrogen-bond donors (Lipinski definition) is 2.